The van der Waals surface area contributed by atoms with E-state index in [2.05, 4.69) is 10.6 Å². The molecule has 4 nitrogen and oxygen atoms in total. The molecule has 1 aromatic rings. The lowest BCUT2D eigenvalue weighted by Crippen LogP contribution is -2.35. The maximum absolute atomic E-state index is 12.1. The van der Waals surface area contributed by atoms with Gasteiger partial charge in [0.25, 0.3) is 0 Å². The first kappa shape index (κ1) is 12.5. The summed E-state index contributed by atoms with van der Waals surface area (Å²) in [4.78, 5) is 12.1. The normalized spacial score (nSPS) is 25.5. The topological polar surface area (TPSA) is 50.4 Å². The van der Waals surface area contributed by atoms with Crippen LogP contribution in [0.15, 0.2) is 24.3 Å². The molecule has 19 heavy (non-hydrogen) atoms. The van der Waals surface area contributed by atoms with Gasteiger partial charge in [-0.15, -0.1) is 0 Å². The molecule has 1 saturated heterocycles. The Morgan fingerprint density at radius 1 is 1.42 bits per heavy atom. The zero-order chi connectivity index (χ0) is 13.1. The van der Waals surface area contributed by atoms with Crippen LogP contribution in [0.5, 0.6) is 5.75 Å². The van der Waals surface area contributed by atoms with Crippen molar-refractivity contribution in [3.63, 3.8) is 0 Å². The van der Waals surface area contributed by atoms with Crippen LogP contribution in [0.2, 0.25) is 0 Å². The van der Waals surface area contributed by atoms with Crippen LogP contribution in [-0.4, -0.2) is 25.6 Å². The van der Waals surface area contributed by atoms with Crippen molar-refractivity contribution in [3.05, 3.63) is 29.8 Å². The summed E-state index contributed by atoms with van der Waals surface area (Å²) in [5.41, 5.74) is 1.10. The molecule has 0 radical (unpaired) electrons. The molecule has 0 bridgehead atoms. The summed E-state index contributed by atoms with van der Waals surface area (Å²) in [6.07, 6.45) is 2.94. The number of hydrogen-bond donors (Lipinski definition) is 2. The molecule has 0 aliphatic carbocycles. The van der Waals surface area contributed by atoms with Crippen molar-refractivity contribution in [2.75, 3.05) is 19.7 Å². The van der Waals surface area contributed by atoms with Crippen molar-refractivity contribution < 1.29 is 9.53 Å². The third kappa shape index (κ3) is 2.89. The number of piperidine rings is 1. The number of rotatable bonds is 3. The Morgan fingerprint density at radius 2 is 2.32 bits per heavy atom. The lowest BCUT2D eigenvalue weighted by molar-refractivity contribution is -0.123. The fraction of sp³-hybridized carbons (Fsp3) is 0.533. The smallest absolute Gasteiger partial charge is 0.220 e. The van der Waals surface area contributed by atoms with Gasteiger partial charge < -0.3 is 15.4 Å². The largest absolute Gasteiger partial charge is 0.491 e. The summed E-state index contributed by atoms with van der Waals surface area (Å²) in [5, 5.41) is 6.44. The van der Waals surface area contributed by atoms with Crippen molar-refractivity contribution in [2.45, 2.75) is 25.3 Å². The Morgan fingerprint density at radius 3 is 3.16 bits per heavy atom. The first-order chi connectivity index (χ1) is 9.33. The zero-order valence-corrected chi connectivity index (χ0v) is 11.0. The number of nitrogens with one attached hydrogen (secondary N) is 2. The van der Waals surface area contributed by atoms with E-state index in [9.17, 15) is 4.79 Å². The van der Waals surface area contributed by atoms with Gasteiger partial charge in [0.15, 0.2) is 0 Å². The van der Waals surface area contributed by atoms with Crippen molar-refractivity contribution >= 4 is 5.91 Å². The summed E-state index contributed by atoms with van der Waals surface area (Å²) in [5.74, 6) is 1.51. The molecule has 1 aromatic carbocycles. The molecular formula is C15H20N2O2. The second-order valence-corrected chi connectivity index (χ2v) is 5.39. The number of amides is 1. The predicted octanol–water partition coefficient (Wildman–Crippen LogP) is 1.63. The standard InChI is InChI=1S/C15H20N2O2/c18-15(8-11-4-3-7-16-9-11)17-13-10-19-14-6-2-1-5-12(13)14/h1-2,5-6,11,13,16H,3-4,7-10H2,(H,17,18). The van der Waals surface area contributed by atoms with E-state index in [4.69, 9.17) is 4.74 Å². The highest BCUT2D eigenvalue weighted by Crippen LogP contribution is 2.31. The molecule has 0 aromatic heterocycles. The van der Waals surface area contributed by atoms with Crippen molar-refractivity contribution in [2.24, 2.45) is 5.92 Å². The van der Waals surface area contributed by atoms with Crippen LogP contribution in [0, 0.1) is 5.92 Å². The predicted molar refractivity (Wildman–Crippen MR) is 73.0 cm³/mol. The summed E-state index contributed by atoms with van der Waals surface area (Å²) in [6, 6.07) is 7.93. The minimum absolute atomic E-state index is 0.0141. The highest BCUT2D eigenvalue weighted by Gasteiger charge is 2.26. The van der Waals surface area contributed by atoms with Crippen LogP contribution >= 0.6 is 0 Å². The third-order valence-electron chi connectivity index (χ3n) is 3.91. The molecule has 2 unspecified atom stereocenters. The molecule has 102 valence electrons. The number of carbonyl (C=O) groups is 1. The van der Waals surface area contributed by atoms with Gasteiger partial charge in [0, 0.05) is 12.0 Å². The summed E-state index contributed by atoms with van der Waals surface area (Å²) in [7, 11) is 0. The molecule has 1 amide bonds. The van der Waals surface area contributed by atoms with Gasteiger partial charge in [-0.2, -0.15) is 0 Å². The SMILES string of the molecule is O=C(CC1CCCNC1)NC1COc2ccccc21. The van der Waals surface area contributed by atoms with Gasteiger partial charge in [-0.1, -0.05) is 18.2 Å². The van der Waals surface area contributed by atoms with E-state index >= 15 is 0 Å². The van der Waals surface area contributed by atoms with Crippen molar-refractivity contribution in [1.29, 1.82) is 0 Å². The quantitative estimate of drug-likeness (QED) is 0.868. The highest BCUT2D eigenvalue weighted by atomic mass is 16.5. The van der Waals surface area contributed by atoms with Gasteiger partial charge in [0.2, 0.25) is 5.91 Å². The van der Waals surface area contributed by atoms with Crippen LogP contribution in [0.1, 0.15) is 30.9 Å². The molecule has 2 atom stereocenters. The summed E-state index contributed by atoms with van der Waals surface area (Å²) >= 11 is 0. The highest BCUT2D eigenvalue weighted by molar-refractivity contribution is 5.77. The van der Waals surface area contributed by atoms with Gasteiger partial charge in [0.1, 0.15) is 12.4 Å². The zero-order valence-electron chi connectivity index (χ0n) is 11.0. The van der Waals surface area contributed by atoms with Gasteiger partial charge in [0.05, 0.1) is 6.04 Å². The molecule has 4 heteroatoms. The summed E-state index contributed by atoms with van der Waals surface area (Å²) < 4.78 is 5.57. The molecule has 1 fully saturated rings. The fourth-order valence-electron chi connectivity index (χ4n) is 2.90. The van der Waals surface area contributed by atoms with Gasteiger partial charge in [-0.25, -0.2) is 0 Å². The van der Waals surface area contributed by atoms with Crippen LogP contribution < -0.4 is 15.4 Å². The van der Waals surface area contributed by atoms with Gasteiger partial charge in [-0.05, 0) is 37.9 Å². The number of hydrogen-bond acceptors (Lipinski definition) is 3. The van der Waals surface area contributed by atoms with Gasteiger partial charge in [-0.3, -0.25) is 4.79 Å². The molecule has 0 saturated carbocycles. The average molecular weight is 260 g/mol. The molecule has 2 aliphatic rings. The summed E-state index contributed by atoms with van der Waals surface area (Å²) in [6.45, 7) is 2.60. The van der Waals surface area contributed by atoms with E-state index in [1.807, 2.05) is 24.3 Å². The molecule has 2 aliphatic heterocycles. The Hall–Kier alpha value is -1.55. The third-order valence-corrected chi connectivity index (χ3v) is 3.91. The lowest BCUT2D eigenvalue weighted by Gasteiger charge is -2.22. The van der Waals surface area contributed by atoms with Crippen molar-refractivity contribution in [3.8, 4) is 5.75 Å². The number of para-hydroxylation sites is 1. The number of ether oxygens (including phenoxy) is 1. The fourth-order valence-corrected chi connectivity index (χ4v) is 2.90. The van der Waals surface area contributed by atoms with Crippen LogP contribution in [0.3, 0.4) is 0 Å². The van der Waals surface area contributed by atoms with Crippen LogP contribution in [-0.2, 0) is 4.79 Å². The Kier molecular flexibility index (Phi) is 3.69. The number of benzene rings is 1. The monoisotopic (exact) mass is 260 g/mol. The van der Waals surface area contributed by atoms with Crippen LogP contribution in [0.4, 0.5) is 0 Å². The Bertz CT molecular complexity index is 455. The Labute approximate surface area is 113 Å². The molecule has 2 N–H and O–H groups in total. The maximum Gasteiger partial charge on any atom is 0.220 e. The molecule has 3 rings (SSSR count). The van der Waals surface area contributed by atoms with E-state index in [1.54, 1.807) is 0 Å². The number of carbonyl (C=O) groups excluding carboxylic acids is 1. The van der Waals surface area contributed by atoms with Gasteiger partial charge >= 0.3 is 0 Å². The van der Waals surface area contributed by atoms with E-state index in [1.165, 1.54) is 6.42 Å². The van der Waals surface area contributed by atoms with E-state index in [0.29, 0.717) is 18.9 Å². The number of fused-ring (bicyclic) bond motifs is 1. The minimum atomic E-state index is 0.0141. The molecule has 2 heterocycles. The Balaban J connectivity index is 1.55. The van der Waals surface area contributed by atoms with E-state index in [-0.39, 0.29) is 11.9 Å². The maximum atomic E-state index is 12.1. The molecular weight excluding hydrogens is 240 g/mol. The molecule has 0 spiro atoms. The second kappa shape index (κ2) is 5.61. The minimum Gasteiger partial charge on any atom is -0.491 e. The second-order valence-electron chi connectivity index (χ2n) is 5.39. The van der Waals surface area contributed by atoms with Crippen molar-refractivity contribution in [1.82, 2.24) is 10.6 Å². The first-order valence-electron chi connectivity index (χ1n) is 7.05. The van der Waals surface area contributed by atoms with E-state index in [0.717, 1.165) is 30.8 Å². The first-order valence-corrected chi connectivity index (χ1v) is 7.05. The van der Waals surface area contributed by atoms with E-state index < -0.39 is 0 Å². The average Bonchev–Trinajstić information content (AvgIpc) is 2.83. The lowest BCUT2D eigenvalue weighted by atomic mass is 9.95. The van der Waals surface area contributed by atoms with Crippen LogP contribution in [0.25, 0.3) is 0 Å².